The number of anilines is 1. The smallest absolute Gasteiger partial charge is 0.264 e. The molecule has 2 amide bonds. The number of aryl methyl sites for hydroxylation is 3. The summed E-state index contributed by atoms with van der Waals surface area (Å²) < 4.78 is 28.6. The first-order chi connectivity index (χ1) is 17.0. The average molecular weight is 508 g/mol. The Kier molecular flexibility index (Phi) is 8.53. The van der Waals surface area contributed by atoms with Crippen molar-refractivity contribution in [2.75, 3.05) is 17.9 Å². The van der Waals surface area contributed by atoms with E-state index in [-0.39, 0.29) is 17.3 Å². The van der Waals surface area contributed by atoms with E-state index in [1.54, 1.807) is 43.3 Å². The summed E-state index contributed by atoms with van der Waals surface area (Å²) in [5.41, 5.74) is 4.12. The van der Waals surface area contributed by atoms with Crippen LogP contribution in [0.2, 0.25) is 0 Å². The van der Waals surface area contributed by atoms with E-state index in [9.17, 15) is 18.0 Å². The molecule has 190 valence electrons. The fourth-order valence-corrected chi connectivity index (χ4v) is 5.25. The van der Waals surface area contributed by atoms with Crippen LogP contribution in [0.1, 0.15) is 29.2 Å². The Bertz CT molecular complexity index is 1320. The summed E-state index contributed by atoms with van der Waals surface area (Å²) in [6.45, 7) is 7.07. The van der Waals surface area contributed by atoms with Crippen LogP contribution in [-0.2, 0) is 26.2 Å². The third-order valence-electron chi connectivity index (χ3n) is 6.23. The lowest BCUT2D eigenvalue weighted by molar-refractivity contribution is -0.139. The van der Waals surface area contributed by atoms with Crippen LogP contribution in [0.4, 0.5) is 5.69 Å². The van der Waals surface area contributed by atoms with Gasteiger partial charge in [-0.15, -0.1) is 0 Å². The number of likely N-dealkylation sites (N-methyl/N-ethyl adjacent to an activating group) is 1. The molecule has 1 atom stereocenters. The first kappa shape index (κ1) is 26.9. The Hall–Kier alpha value is -3.65. The molecule has 1 N–H and O–H groups in total. The molecule has 0 bridgehead atoms. The van der Waals surface area contributed by atoms with Gasteiger partial charge >= 0.3 is 0 Å². The standard InChI is InChI=1S/C28H33N3O4S/c1-20-10-14-25(15-11-20)31(36(34,35)26-16-12-21(2)13-17-26)19-27(32)30(23(4)28(33)29-5)18-24-9-7-6-8-22(24)3/h6-17,23H,18-19H2,1-5H3,(H,29,33). The van der Waals surface area contributed by atoms with Crippen LogP contribution in [0.15, 0.2) is 77.7 Å². The van der Waals surface area contributed by atoms with Crippen LogP contribution in [0.3, 0.4) is 0 Å². The minimum atomic E-state index is -4.06. The second-order valence-corrected chi connectivity index (χ2v) is 10.8. The zero-order valence-corrected chi connectivity index (χ0v) is 22.2. The monoisotopic (exact) mass is 507 g/mol. The topological polar surface area (TPSA) is 86.8 Å². The summed E-state index contributed by atoms with van der Waals surface area (Å²) in [5, 5.41) is 2.59. The van der Waals surface area contributed by atoms with E-state index in [2.05, 4.69) is 5.32 Å². The number of hydrogen-bond acceptors (Lipinski definition) is 4. The zero-order chi connectivity index (χ0) is 26.5. The lowest BCUT2D eigenvalue weighted by Crippen LogP contribution is -2.50. The van der Waals surface area contributed by atoms with Crippen molar-refractivity contribution in [1.29, 1.82) is 0 Å². The molecule has 8 heteroatoms. The van der Waals surface area contributed by atoms with Gasteiger partial charge < -0.3 is 10.2 Å². The van der Waals surface area contributed by atoms with Gasteiger partial charge in [0.2, 0.25) is 11.8 Å². The largest absolute Gasteiger partial charge is 0.357 e. The summed E-state index contributed by atoms with van der Waals surface area (Å²) in [5.74, 6) is -0.814. The minimum absolute atomic E-state index is 0.0891. The molecule has 0 saturated heterocycles. The van der Waals surface area contributed by atoms with E-state index < -0.39 is 28.5 Å². The Morgan fingerprint density at radius 2 is 1.42 bits per heavy atom. The molecule has 0 heterocycles. The molecule has 0 fully saturated rings. The van der Waals surface area contributed by atoms with Crippen LogP contribution in [0, 0.1) is 20.8 Å². The van der Waals surface area contributed by atoms with Gasteiger partial charge in [0.05, 0.1) is 10.6 Å². The molecule has 0 spiro atoms. The zero-order valence-electron chi connectivity index (χ0n) is 21.4. The third kappa shape index (κ3) is 6.12. The summed E-state index contributed by atoms with van der Waals surface area (Å²) in [6.07, 6.45) is 0. The Labute approximate surface area is 213 Å². The van der Waals surface area contributed by atoms with Gasteiger partial charge in [-0.2, -0.15) is 0 Å². The van der Waals surface area contributed by atoms with Crippen LogP contribution in [0.5, 0.6) is 0 Å². The summed E-state index contributed by atoms with van der Waals surface area (Å²) in [4.78, 5) is 27.8. The highest BCUT2D eigenvalue weighted by Gasteiger charge is 2.32. The second kappa shape index (κ2) is 11.4. The minimum Gasteiger partial charge on any atom is -0.357 e. The molecule has 3 aromatic carbocycles. The number of carbonyl (C=O) groups is 2. The number of hydrogen-bond donors (Lipinski definition) is 1. The molecular formula is C28H33N3O4S. The van der Waals surface area contributed by atoms with E-state index >= 15 is 0 Å². The number of nitrogens with zero attached hydrogens (tertiary/aromatic N) is 2. The molecular weight excluding hydrogens is 474 g/mol. The number of benzene rings is 3. The van der Waals surface area contributed by atoms with Crippen molar-refractivity contribution in [3.8, 4) is 0 Å². The maximum atomic E-state index is 13.7. The van der Waals surface area contributed by atoms with Gasteiger partial charge in [-0.05, 0) is 63.1 Å². The van der Waals surface area contributed by atoms with E-state index in [0.29, 0.717) is 5.69 Å². The third-order valence-corrected chi connectivity index (χ3v) is 8.01. The molecule has 0 aliphatic rings. The maximum Gasteiger partial charge on any atom is 0.264 e. The molecule has 1 unspecified atom stereocenters. The normalized spacial score (nSPS) is 12.0. The molecule has 3 rings (SSSR count). The molecule has 36 heavy (non-hydrogen) atoms. The van der Waals surface area contributed by atoms with Crippen molar-refractivity contribution < 1.29 is 18.0 Å². The van der Waals surface area contributed by atoms with Crippen molar-refractivity contribution in [2.24, 2.45) is 0 Å². The summed E-state index contributed by atoms with van der Waals surface area (Å²) in [7, 11) is -2.55. The quantitative estimate of drug-likeness (QED) is 0.475. The van der Waals surface area contributed by atoms with Gasteiger partial charge in [0.1, 0.15) is 12.6 Å². The summed E-state index contributed by atoms with van der Waals surface area (Å²) >= 11 is 0. The van der Waals surface area contributed by atoms with Crippen LogP contribution < -0.4 is 9.62 Å². The van der Waals surface area contributed by atoms with Gasteiger partial charge in [0.15, 0.2) is 0 Å². The first-order valence-corrected chi connectivity index (χ1v) is 13.2. The molecule has 0 aliphatic heterocycles. The van der Waals surface area contributed by atoms with E-state index in [4.69, 9.17) is 0 Å². The highest BCUT2D eigenvalue weighted by Crippen LogP contribution is 2.25. The van der Waals surface area contributed by atoms with Crippen LogP contribution in [0.25, 0.3) is 0 Å². The number of sulfonamides is 1. The lowest BCUT2D eigenvalue weighted by Gasteiger charge is -2.32. The Balaban J connectivity index is 2.03. The van der Waals surface area contributed by atoms with E-state index in [1.165, 1.54) is 24.1 Å². The molecule has 0 aromatic heterocycles. The maximum absolute atomic E-state index is 13.7. The van der Waals surface area contributed by atoms with Crippen molar-refractivity contribution >= 4 is 27.5 Å². The van der Waals surface area contributed by atoms with Crippen molar-refractivity contribution in [3.63, 3.8) is 0 Å². The molecule has 3 aromatic rings. The predicted octanol–water partition coefficient (Wildman–Crippen LogP) is 3.97. The van der Waals surface area contributed by atoms with E-state index in [0.717, 1.165) is 26.6 Å². The molecule has 0 saturated carbocycles. The highest BCUT2D eigenvalue weighted by molar-refractivity contribution is 7.92. The van der Waals surface area contributed by atoms with Gasteiger partial charge in [0.25, 0.3) is 10.0 Å². The second-order valence-electron chi connectivity index (χ2n) is 8.90. The highest BCUT2D eigenvalue weighted by atomic mass is 32.2. The van der Waals surface area contributed by atoms with Crippen molar-refractivity contribution in [2.45, 2.75) is 45.2 Å². The number of nitrogens with one attached hydrogen (secondary N) is 1. The van der Waals surface area contributed by atoms with Crippen molar-refractivity contribution in [3.05, 3.63) is 95.1 Å². The van der Waals surface area contributed by atoms with Gasteiger partial charge in [0, 0.05) is 13.6 Å². The van der Waals surface area contributed by atoms with E-state index in [1.807, 2.05) is 45.0 Å². The first-order valence-electron chi connectivity index (χ1n) is 11.8. The molecule has 0 aliphatic carbocycles. The fourth-order valence-electron chi connectivity index (χ4n) is 3.84. The number of amides is 2. The van der Waals surface area contributed by atoms with Gasteiger partial charge in [-0.3, -0.25) is 13.9 Å². The number of rotatable bonds is 9. The average Bonchev–Trinajstić information content (AvgIpc) is 2.86. The van der Waals surface area contributed by atoms with Gasteiger partial charge in [-0.1, -0.05) is 59.7 Å². The molecule has 0 radical (unpaired) electrons. The van der Waals surface area contributed by atoms with Gasteiger partial charge in [-0.25, -0.2) is 8.42 Å². The SMILES string of the molecule is CNC(=O)C(C)N(Cc1ccccc1C)C(=O)CN(c1ccc(C)cc1)S(=O)(=O)c1ccc(C)cc1. The lowest BCUT2D eigenvalue weighted by atomic mass is 10.1. The van der Waals surface area contributed by atoms with Crippen LogP contribution >= 0.6 is 0 Å². The Morgan fingerprint density at radius 1 is 0.861 bits per heavy atom. The number of carbonyl (C=O) groups excluding carboxylic acids is 2. The van der Waals surface area contributed by atoms with Crippen LogP contribution in [-0.4, -0.2) is 44.8 Å². The predicted molar refractivity (Wildman–Crippen MR) is 142 cm³/mol. The fraction of sp³-hybridized carbons (Fsp3) is 0.286. The Morgan fingerprint density at radius 3 is 1.97 bits per heavy atom. The van der Waals surface area contributed by atoms with Crippen molar-refractivity contribution in [1.82, 2.24) is 10.2 Å². The molecule has 7 nitrogen and oxygen atoms in total. The summed E-state index contributed by atoms with van der Waals surface area (Å²) in [6, 6.07) is 20.3.